The van der Waals surface area contributed by atoms with E-state index in [0.717, 1.165) is 12.8 Å². The van der Waals surface area contributed by atoms with Gasteiger partial charge in [0, 0.05) is 45.6 Å². The van der Waals surface area contributed by atoms with Crippen molar-refractivity contribution in [2.24, 2.45) is 0 Å². The van der Waals surface area contributed by atoms with Gasteiger partial charge in [0.2, 0.25) is 5.91 Å². The number of hydrogen-bond acceptors (Lipinski definition) is 5. The number of aryl methyl sites for hydroxylation is 1. The first-order chi connectivity index (χ1) is 13.6. The van der Waals surface area contributed by atoms with Crippen molar-refractivity contribution < 1.29 is 14.3 Å². The van der Waals surface area contributed by atoms with E-state index in [-0.39, 0.29) is 29.9 Å². The fourth-order valence-corrected chi connectivity index (χ4v) is 3.79. The molecule has 0 spiro atoms. The predicted octanol–water partition coefficient (Wildman–Crippen LogP) is 0.705. The van der Waals surface area contributed by atoms with Crippen LogP contribution in [0.3, 0.4) is 0 Å². The molecule has 1 aromatic carbocycles. The van der Waals surface area contributed by atoms with E-state index in [1.807, 2.05) is 6.07 Å². The number of hydrogen-bond donors (Lipinski definition) is 1. The normalized spacial score (nSPS) is 19.9. The summed E-state index contributed by atoms with van der Waals surface area (Å²) < 4.78 is 5.46. The lowest BCUT2D eigenvalue weighted by atomic mass is 10.2. The smallest absolute Gasteiger partial charge is 0.258 e. The highest BCUT2D eigenvalue weighted by Crippen LogP contribution is 2.16. The lowest BCUT2D eigenvalue weighted by molar-refractivity contribution is -0.146. The summed E-state index contributed by atoms with van der Waals surface area (Å²) in [6.07, 6.45) is 2.07. The maximum atomic E-state index is 12.5. The molecule has 2 aromatic rings. The summed E-state index contributed by atoms with van der Waals surface area (Å²) in [6.45, 7) is 2.78. The summed E-state index contributed by atoms with van der Waals surface area (Å²) in [5, 5.41) is 0.546. The Kier molecular flexibility index (Phi) is 5.38. The first-order valence-electron chi connectivity index (χ1n) is 9.78. The highest BCUT2D eigenvalue weighted by atomic mass is 16.5. The van der Waals surface area contributed by atoms with Crippen LogP contribution in [-0.2, 0) is 20.7 Å². The van der Waals surface area contributed by atoms with Crippen LogP contribution in [-0.4, -0.2) is 70.5 Å². The number of piperazine rings is 1. The van der Waals surface area contributed by atoms with Gasteiger partial charge in [0.1, 0.15) is 11.9 Å². The second-order valence-electron chi connectivity index (χ2n) is 7.24. The van der Waals surface area contributed by atoms with Gasteiger partial charge in [0.05, 0.1) is 10.9 Å². The molecule has 0 bridgehead atoms. The summed E-state index contributed by atoms with van der Waals surface area (Å²) in [4.78, 5) is 47.8. The van der Waals surface area contributed by atoms with Crippen molar-refractivity contribution in [3.05, 3.63) is 40.4 Å². The Morgan fingerprint density at radius 2 is 1.89 bits per heavy atom. The average molecular weight is 384 g/mol. The molecule has 0 radical (unpaired) electrons. The van der Waals surface area contributed by atoms with Gasteiger partial charge in [-0.2, -0.15) is 0 Å². The van der Waals surface area contributed by atoms with Crippen LogP contribution in [0.25, 0.3) is 10.9 Å². The summed E-state index contributed by atoms with van der Waals surface area (Å²) >= 11 is 0. The number of nitrogens with zero attached hydrogens (tertiary/aromatic N) is 3. The van der Waals surface area contributed by atoms with Crippen LogP contribution in [0.1, 0.15) is 25.1 Å². The Morgan fingerprint density at radius 1 is 1.14 bits per heavy atom. The van der Waals surface area contributed by atoms with Gasteiger partial charge in [0.15, 0.2) is 0 Å². The van der Waals surface area contributed by atoms with Crippen LogP contribution in [0.15, 0.2) is 29.1 Å². The Labute approximate surface area is 162 Å². The molecule has 2 saturated heterocycles. The molecular weight excluding hydrogens is 360 g/mol. The standard InChI is InChI=1S/C20H24N4O4/c25-18(8-7-17-21-15-5-2-1-4-14(15)19(26)22-17)23-9-11-24(12-10-23)20(27)16-6-3-13-28-16/h1-2,4-5,16H,3,6-13H2,(H,21,22,26)/t16-/m1/s1. The number of aromatic amines is 1. The topological polar surface area (TPSA) is 95.6 Å². The van der Waals surface area contributed by atoms with Gasteiger partial charge in [-0.15, -0.1) is 0 Å². The number of H-pyrrole nitrogens is 1. The van der Waals surface area contributed by atoms with E-state index in [1.165, 1.54) is 0 Å². The molecule has 1 atom stereocenters. The largest absolute Gasteiger partial charge is 0.368 e. The third-order valence-corrected chi connectivity index (χ3v) is 5.39. The third kappa shape index (κ3) is 3.91. The Balaban J connectivity index is 1.30. The van der Waals surface area contributed by atoms with Gasteiger partial charge >= 0.3 is 0 Å². The van der Waals surface area contributed by atoms with E-state index < -0.39 is 0 Å². The first kappa shape index (κ1) is 18.6. The van der Waals surface area contributed by atoms with E-state index in [2.05, 4.69) is 9.97 Å². The minimum Gasteiger partial charge on any atom is -0.368 e. The SMILES string of the molecule is O=C(CCc1nc2ccccc2c(=O)[nH]1)N1CCN(C(=O)[C@H]2CCCO2)CC1. The molecule has 2 aliphatic rings. The summed E-state index contributed by atoms with van der Waals surface area (Å²) in [7, 11) is 0. The molecule has 148 valence electrons. The van der Waals surface area contributed by atoms with Crippen molar-refractivity contribution in [1.29, 1.82) is 0 Å². The van der Waals surface area contributed by atoms with Gasteiger partial charge in [-0.1, -0.05) is 12.1 Å². The van der Waals surface area contributed by atoms with Gasteiger partial charge in [-0.25, -0.2) is 4.98 Å². The van der Waals surface area contributed by atoms with Crippen LogP contribution in [0.2, 0.25) is 0 Å². The quantitative estimate of drug-likeness (QED) is 0.837. The van der Waals surface area contributed by atoms with Gasteiger partial charge in [-0.3, -0.25) is 14.4 Å². The lowest BCUT2D eigenvalue weighted by Gasteiger charge is -2.35. The number of carbonyl (C=O) groups excluding carboxylic acids is 2. The number of nitrogens with one attached hydrogen (secondary N) is 1. The van der Waals surface area contributed by atoms with Crippen molar-refractivity contribution in [2.75, 3.05) is 32.8 Å². The fourth-order valence-electron chi connectivity index (χ4n) is 3.79. The second kappa shape index (κ2) is 8.10. The monoisotopic (exact) mass is 384 g/mol. The van der Waals surface area contributed by atoms with E-state index in [0.29, 0.717) is 55.9 Å². The zero-order valence-electron chi connectivity index (χ0n) is 15.7. The van der Waals surface area contributed by atoms with Crippen molar-refractivity contribution in [2.45, 2.75) is 31.8 Å². The summed E-state index contributed by atoms with van der Waals surface area (Å²) in [5.74, 6) is 0.576. The number of rotatable bonds is 4. The number of ether oxygens (including phenoxy) is 1. The summed E-state index contributed by atoms with van der Waals surface area (Å²) in [6, 6.07) is 7.15. The van der Waals surface area contributed by atoms with E-state index >= 15 is 0 Å². The zero-order valence-corrected chi connectivity index (χ0v) is 15.7. The number of aromatic nitrogens is 2. The van der Waals surface area contributed by atoms with Crippen molar-refractivity contribution in [3.63, 3.8) is 0 Å². The second-order valence-corrected chi connectivity index (χ2v) is 7.24. The van der Waals surface area contributed by atoms with Gasteiger partial charge in [0.25, 0.3) is 11.5 Å². The third-order valence-electron chi connectivity index (χ3n) is 5.39. The minimum atomic E-state index is -0.307. The number of carbonyl (C=O) groups is 2. The molecule has 2 fully saturated rings. The molecule has 0 aliphatic carbocycles. The molecule has 2 aliphatic heterocycles. The van der Waals surface area contributed by atoms with Crippen LogP contribution in [0.4, 0.5) is 0 Å². The van der Waals surface area contributed by atoms with Gasteiger partial charge in [-0.05, 0) is 25.0 Å². The molecule has 8 heteroatoms. The molecule has 8 nitrogen and oxygen atoms in total. The minimum absolute atomic E-state index is 0.0139. The maximum absolute atomic E-state index is 12.5. The lowest BCUT2D eigenvalue weighted by Crippen LogP contribution is -2.52. The molecular formula is C20H24N4O4. The molecule has 4 rings (SSSR count). The fraction of sp³-hybridized carbons (Fsp3) is 0.500. The number of para-hydroxylation sites is 1. The molecule has 3 heterocycles. The number of fused-ring (bicyclic) bond motifs is 1. The molecule has 28 heavy (non-hydrogen) atoms. The number of amides is 2. The van der Waals surface area contributed by atoms with Crippen LogP contribution in [0, 0.1) is 0 Å². The predicted molar refractivity (Wildman–Crippen MR) is 103 cm³/mol. The number of benzene rings is 1. The highest BCUT2D eigenvalue weighted by Gasteiger charge is 2.31. The first-order valence-corrected chi connectivity index (χ1v) is 9.78. The molecule has 0 saturated carbocycles. The van der Waals surface area contributed by atoms with Crippen molar-refractivity contribution in [3.8, 4) is 0 Å². The maximum Gasteiger partial charge on any atom is 0.258 e. The molecule has 1 aromatic heterocycles. The Bertz CT molecular complexity index is 927. The molecule has 2 amide bonds. The zero-order chi connectivity index (χ0) is 19.5. The molecule has 1 N–H and O–H groups in total. The van der Waals surface area contributed by atoms with Crippen LogP contribution in [0.5, 0.6) is 0 Å². The van der Waals surface area contributed by atoms with E-state index in [9.17, 15) is 14.4 Å². The van der Waals surface area contributed by atoms with Crippen molar-refractivity contribution >= 4 is 22.7 Å². The highest BCUT2D eigenvalue weighted by molar-refractivity contribution is 5.82. The van der Waals surface area contributed by atoms with E-state index in [4.69, 9.17) is 4.74 Å². The summed E-state index contributed by atoms with van der Waals surface area (Å²) in [5.41, 5.74) is 0.448. The van der Waals surface area contributed by atoms with E-state index in [1.54, 1.807) is 28.0 Å². The van der Waals surface area contributed by atoms with Crippen LogP contribution < -0.4 is 5.56 Å². The molecule has 0 unspecified atom stereocenters. The van der Waals surface area contributed by atoms with Gasteiger partial charge < -0.3 is 19.5 Å². The van der Waals surface area contributed by atoms with Crippen molar-refractivity contribution in [1.82, 2.24) is 19.8 Å². The Hall–Kier alpha value is -2.74. The Morgan fingerprint density at radius 3 is 2.64 bits per heavy atom. The van der Waals surface area contributed by atoms with Crippen LogP contribution >= 0.6 is 0 Å². The average Bonchev–Trinajstić information content (AvgIpc) is 3.26.